The van der Waals surface area contributed by atoms with Crippen LogP contribution >= 0.6 is 11.6 Å². The molecular formula is C14H19ClN2O4. The van der Waals surface area contributed by atoms with Crippen molar-refractivity contribution in [2.75, 3.05) is 6.54 Å². The van der Waals surface area contributed by atoms with Gasteiger partial charge in [-0.05, 0) is 31.9 Å². The SMILES string of the molecule is NCCCCC(NC(=O)OCc1ccccc1Cl)C(=O)O. The molecule has 0 bridgehead atoms. The van der Waals surface area contributed by atoms with Gasteiger partial charge in [0.15, 0.2) is 0 Å². The quantitative estimate of drug-likeness (QED) is 0.638. The summed E-state index contributed by atoms with van der Waals surface area (Å²) >= 11 is 5.93. The number of benzene rings is 1. The van der Waals surface area contributed by atoms with Gasteiger partial charge in [-0.3, -0.25) is 0 Å². The van der Waals surface area contributed by atoms with Gasteiger partial charge in [0.1, 0.15) is 12.6 Å². The van der Waals surface area contributed by atoms with Gasteiger partial charge in [0.2, 0.25) is 0 Å². The van der Waals surface area contributed by atoms with Crippen LogP contribution < -0.4 is 11.1 Å². The fraction of sp³-hybridized carbons (Fsp3) is 0.429. The maximum absolute atomic E-state index is 11.6. The molecule has 7 heteroatoms. The molecule has 0 aromatic heterocycles. The zero-order valence-corrected chi connectivity index (χ0v) is 12.3. The molecule has 1 aromatic carbocycles. The normalized spacial score (nSPS) is 11.7. The molecule has 0 fully saturated rings. The molecule has 6 nitrogen and oxygen atoms in total. The number of carbonyl (C=O) groups excluding carboxylic acids is 1. The number of nitrogens with two attached hydrogens (primary N) is 1. The molecule has 0 spiro atoms. The Morgan fingerprint density at radius 3 is 2.67 bits per heavy atom. The molecule has 0 radical (unpaired) electrons. The number of ether oxygens (including phenoxy) is 1. The van der Waals surface area contributed by atoms with Crippen molar-refractivity contribution in [1.82, 2.24) is 5.32 Å². The second kappa shape index (κ2) is 9.20. The summed E-state index contributed by atoms with van der Waals surface area (Å²) in [5, 5.41) is 11.8. The molecule has 0 aliphatic heterocycles. The number of nitrogens with one attached hydrogen (secondary N) is 1. The van der Waals surface area contributed by atoms with E-state index in [1.165, 1.54) is 0 Å². The highest BCUT2D eigenvalue weighted by Crippen LogP contribution is 2.15. The van der Waals surface area contributed by atoms with Crippen molar-refractivity contribution in [3.8, 4) is 0 Å². The zero-order chi connectivity index (χ0) is 15.7. The standard InChI is InChI=1S/C14H19ClN2O4/c15-11-6-2-1-5-10(11)9-21-14(20)17-12(13(18)19)7-3-4-8-16/h1-2,5-6,12H,3-4,7-9,16H2,(H,17,20)(H,18,19). The topological polar surface area (TPSA) is 102 Å². The zero-order valence-electron chi connectivity index (χ0n) is 11.5. The van der Waals surface area contributed by atoms with Gasteiger partial charge in [-0.2, -0.15) is 0 Å². The van der Waals surface area contributed by atoms with Crippen molar-refractivity contribution in [1.29, 1.82) is 0 Å². The largest absolute Gasteiger partial charge is 0.480 e. The molecule has 0 saturated carbocycles. The van der Waals surface area contributed by atoms with Gasteiger partial charge in [0.05, 0.1) is 0 Å². The Labute approximate surface area is 128 Å². The smallest absolute Gasteiger partial charge is 0.408 e. The van der Waals surface area contributed by atoms with Gasteiger partial charge in [-0.1, -0.05) is 29.8 Å². The van der Waals surface area contributed by atoms with Crippen molar-refractivity contribution >= 4 is 23.7 Å². The Morgan fingerprint density at radius 1 is 1.33 bits per heavy atom. The number of aliphatic carboxylic acids is 1. The molecule has 1 amide bonds. The molecular weight excluding hydrogens is 296 g/mol. The highest BCUT2D eigenvalue weighted by molar-refractivity contribution is 6.31. The van der Waals surface area contributed by atoms with Crippen LogP contribution in [0.25, 0.3) is 0 Å². The minimum absolute atomic E-state index is 0.0132. The number of carboxylic acid groups (broad SMARTS) is 1. The molecule has 21 heavy (non-hydrogen) atoms. The number of hydrogen-bond donors (Lipinski definition) is 3. The fourth-order valence-corrected chi connectivity index (χ4v) is 1.88. The van der Waals surface area contributed by atoms with Gasteiger partial charge in [0, 0.05) is 10.6 Å². The second-order valence-electron chi connectivity index (χ2n) is 4.49. The number of hydrogen-bond acceptors (Lipinski definition) is 4. The predicted octanol–water partition coefficient (Wildman–Crippen LogP) is 2.15. The molecule has 0 aliphatic carbocycles. The van der Waals surface area contributed by atoms with E-state index < -0.39 is 18.1 Å². The predicted molar refractivity (Wildman–Crippen MR) is 79.1 cm³/mol. The molecule has 1 rings (SSSR count). The lowest BCUT2D eigenvalue weighted by atomic mass is 10.1. The number of carboxylic acids is 1. The van der Waals surface area contributed by atoms with Crippen LogP contribution in [0.4, 0.5) is 4.79 Å². The van der Waals surface area contributed by atoms with Crippen LogP contribution in [0.5, 0.6) is 0 Å². The minimum atomic E-state index is -1.10. The monoisotopic (exact) mass is 314 g/mol. The number of carbonyl (C=O) groups is 2. The first-order valence-electron chi connectivity index (χ1n) is 6.64. The first kappa shape index (κ1) is 17.3. The molecule has 1 atom stereocenters. The Morgan fingerprint density at radius 2 is 2.05 bits per heavy atom. The summed E-state index contributed by atoms with van der Waals surface area (Å²) in [5.41, 5.74) is 6.00. The van der Waals surface area contributed by atoms with Crippen LogP contribution in [0.2, 0.25) is 5.02 Å². The number of alkyl carbamates (subject to hydrolysis) is 1. The van der Waals surface area contributed by atoms with Crippen LogP contribution in [0.3, 0.4) is 0 Å². The lowest BCUT2D eigenvalue weighted by Gasteiger charge is -2.14. The van der Waals surface area contributed by atoms with E-state index in [-0.39, 0.29) is 6.61 Å². The molecule has 1 aromatic rings. The number of amides is 1. The summed E-state index contributed by atoms with van der Waals surface area (Å²) in [6.45, 7) is 0.476. The van der Waals surface area contributed by atoms with Crippen LogP contribution in [-0.2, 0) is 16.1 Å². The van der Waals surface area contributed by atoms with Gasteiger partial charge in [-0.25, -0.2) is 9.59 Å². The van der Waals surface area contributed by atoms with Crippen LogP contribution in [-0.4, -0.2) is 29.8 Å². The van der Waals surface area contributed by atoms with E-state index in [2.05, 4.69) is 5.32 Å². The van der Waals surface area contributed by atoms with E-state index in [0.717, 1.165) is 0 Å². The van der Waals surface area contributed by atoms with Crippen molar-refractivity contribution in [2.24, 2.45) is 5.73 Å². The minimum Gasteiger partial charge on any atom is -0.480 e. The highest BCUT2D eigenvalue weighted by Gasteiger charge is 2.20. The first-order chi connectivity index (χ1) is 10.0. The van der Waals surface area contributed by atoms with Crippen LogP contribution in [0.15, 0.2) is 24.3 Å². The van der Waals surface area contributed by atoms with E-state index in [1.54, 1.807) is 24.3 Å². The Kier molecular flexibility index (Phi) is 7.56. The highest BCUT2D eigenvalue weighted by atomic mass is 35.5. The molecule has 1 unspecified atom stereocenters. The van der Waals surface area contributed by atoms with Crippen molar-refractivity contribution in [3.05, 3.63) is 34.9 Å². The fourth-order valence-electron chi connectivity index (χ4n) is 1.69. The average Bonchev–Trinajstić information content (AvgIpc) is 2.45. The summed E-state index contributed by atoms with van der Waals surface area (Å²) in [6, 6.07) is 5.98. The first-order valence-corrected chi connectivity index (χ1v) is 7.02. The number of rotatable bonds is 8. The van der Waals surface area contributed by atoms with Crippen molar-refractivity contribution in [2.45, 2.75) is 31.9 Å². The summed E-state index contributed by atoms with van der Waals surface area (Å²) in [7, 11) is 0. The van der Waals surface area contributed by atoms with Crippen molar-refractivity contribution in [3.63, 3.8) is 0 Å². The lowest BCUT2D eigenvalue weighted by molar-refractivity contribution is -0.139. The Bertz CT molecular complexity index is 482. The molecule has 116 valence electrons. The average molecular weight is 315 g/mol. The van der Waals surface area contributed by atoms with E-state index >= 15 is 0 Å². The molecule has 4 N–H and O–H groups in total. The van der Waals surface area contributed by atoms with E-state index in [9.17, 15) is 9.59 Å². The maximum Gasteiger partial charge on any atom is 0.408 e. The van der Waals surface area contributed by atoms with Gasteiger partial charge in [-0.15, -0.1) is 0 Å². The van der Waals surface area contributed by atoms with Crippen LogP contribution in [0, 0.1) is 0 Å². The maximum atomic E-state index is 11.6. The summed E-state index contributed by atoms with van der Waals surface area (Å²) in [6.07, 6.45) is 0.863. The van der Waals surface area contributed by atoms with E-state index in [4.69, 9.17) is 27.2 Å². The Balaban J connectivity index is 2.43. The van der Waals surface area contributed by atoms with Gasteiger partial charge in [0.25, 0.3) is 0 Å². The third-order valence-corrected chi connectivity index (χ3v) is 3.22. The summed E-state index contributed by atoms with van der Waals surface area (Å²) < 4.78 is 4.97. The molecule has 0 saturated heterocycles. The number of halogens is 1. The van der Waals surface area contributed by atoms with E-state index in [1.807, 2.05) is 0 Å². The van der Waals surface area contributed by atoms with E-state index in [0.29, 0.717) is 36.4 Å². The summed E-state index contributed by atoms with van der Waals surface area (Å²) in [4.78, 5) is 22.6. The molecule has 0 heterocycles. The Hall–Kier alpha value is -1.79. The lowest BCUT2D eigenvalue weighted by Crippen LogP contribution is -2.41. The van der Waals surface area contributed by atoms with Crippen molar-refractivity contribution < 1.29 is 19.4 Å². The summed E-state index contributed by atoms with van der Waals surface area (Å²) in [5.74, 6) is -1.10. The van der Waals surface area contributed by atoms with Crippen LogP contribution in [0.1, 0.15) is 24.8 Å². The second-order valence-corrected chi connectivity index (χ2v) is 4.89. The number of unbranched alkanes of at least 4 members (excludes halogenated alkanes) is 1. The van der Waals surface area contributed by atoms with Gasteiger partial charge >= 0.3 is 12.1 Å². The third-order valence-electron chi connectivity index (χ3n) is 2.85. The van der Waals surface area contributed by atoms with Gasteiger partial charge < -0.3 is 20.9 Å². The molecule has 0 aliphatic rings. The third kappa shape index (κ3) is 6.46.